The van der Waals surface area contributed by atoms with Crippen LogP contribution < -0.4 is 15.7 Å². The van der Waals surface area contributed by atoms with Crippen molar-refractivity contribution in [2.45, 2.75) is 11.3 Å². The highest BCUT2D eigenvalue weighted by Gasteiger charge is 2.15. The van der Waals surface area contributed by atoms with Gasteiger partial charge in [-0.25, -0.2) is 9.18 Å². The second-order valence-electron chi connectivity index (χ2n) is 5.74. The summed E-state index contributed by atoms with van der Waals surface area (Å²) in [5, 5.41) is 3.34. The minimum absolute atomic E-state index is 0.0399. The van der Waals surface area contributed by atoms with Gasteiger partial charge in [-0.05, 0) is 48.6 Å². The summed E-state index contributed by atoms with van der Waals surface area (Å²) in [6, 6.07) is 13.0. The maximum absolute atomic E-state index is 12.9. The normalized spacial score (nSPS) is 10.7. The summed E-state index contributed by atoms with van der Waals surface area (Å²) in [6.45, 7) is 0.419. The Hall–Kier alpha value is -2.80. The Morgan fingerprint density at radius 2 is 2.00 bits per heavy atom. The quantitative estimate of drug-likeness (QED) is 0.379. The van der Waals surface area contributed by atoms with Crippen LogP contribution in [-0.2, 0) is 0 Å². The van der Waals surface area contributed by atoms with Gasteiger partial charge in [0.15, 0.2) is 11.3 Å². The van der Waals surface area contributed by atoms with Gasteiger partial charge in [-0.3, -0.25) is 4.79 Å². The molecule has 0 radical (unpaired) electrons. The first-order valence-electron chi connectivity index (χ1n) is 8.36. The molecule has 1 amide bonds. The summed E-state index contributed by atoms with van der Waals surface area (Å²) < 4.78 is 23.3. The van der Waals surface area contributed by atoms with Gasteiger partial charge in [0.2, 0.25) is 0 Å². The number of rotatable bonds is 7. The van der Waals surface area contributed by atoms with Crippen LogP contribution in [0.5, 0.6) is 5.75 Å². The van der Waals surface area contributed by atoms with Crippen molar-refractivity contribution in [2.24, 2.45) is 0 Å². The van der Waals surface area contributed by atoms with Crippen molar-refractivity contribution in [3.8, 4) is 5.75 Å². The third-order valence-electron chi connectivity index (χ3n) is 3.88. The topological polar surface area (TPSA) is 68.5 Å². The maximum Gasteiger partial charge on any atom is 0.349 e. The number of thioether (sulfide) groups is 1. The van der Waals surface area contributed by atoms with Crippen molar-refractivity contribution in [1.82, 2.24) is 5.32 Å². The van der Waals surface area contributed by atoms with E-state index < -0.39 is 11.5 Å². The smallest absolute Gasteiger partial charge is 0.349 e. The number of hydrogen-bond acceptors (Lipinski definition) is 5. The largest absolute Gasteiger partial charge is 0.493 e. The Balaban J connectivity index is 1.57. The third-order valence-corrected chi connectivity index (χ3v) is 4.98. The molecular weight excluding hydrogens is 369 g/mol. The molecule has 2 aromatic carbocycles. The molecule has 0 aliphatic heterocycles. The second-order valence-corrected chi connectivity index (χ2v) is 6.91. The van der Waals surface area contributed by atoms with Gasteiger partial charge in [0.1, 0.15) is 11.4 Å². The summed E-state index contributed by atoms with van der Waals surface area (Å²) in [5.41, 5.74) is -0.427. The molecule has 0 fully saturated rings. The summed E-state index contributed by atoms with van der Waals surface area (Å²) in [6.07, 6.45) is 0.709. The van der Waals surface area contributed by atoms with Crippen molar-refractivity contribution < 1.29 is 18.3 Å². The molecular formula is C20H18FNO4S. The molecule has 1 aromatic heterocycles. The Morgan fingerprint density at radius 3 is 2.74 bits per heavy atom. The van der Waals surface area contributed by atoms with E-state index in [1.807, 2.05) is 0 Å². The minimum Gasteiger partial charge on any atom is -0.493 e. The van der Waals surface area contributed by atoms with Gasteiger partial charge >= 0.3 is 5.63 Å². The Bertz CT molecular complexity index is 1000. The summed E-state index contributed by atoms with van der Waals surface area (Å²) in [7, 11) is 1.49. The van der Waals surface area contributed by atoms with Crippen LogP contribution in [0.2, 0.25) is 0 Å². The number of amides is 1. The molecule has 5 nitrogen and oxygen atoms in total. The molecule has 0 bridgehead atoms. The molecule has 1 N–H and O–H groups in total. The number of para-hydroxylation sites is 1. The van der Waals surface area contributed by atoms with E-state index in [4.69, 9.17) is 9.15 Å². The van der Waals surface area contributed by atoms with Crippen LogP contribution in [0.1, 0.15) is 16.8 Å². The van der Waals surface area contributed by atoms with E-state index in [0.717, 1.165) is 10.6 Å². The fourth-order valence-corrected chi connectivity index (χ4v) is 3.38. The highest BCUT2D eigenvalue weighted by atomic mass is 32.2. The molecule has 0 saturated heterocycles. The average molecular weight is 387 g/mol. The van der Waals surface area contributed by atoms with Gasteiger partial charge < -0.3 is 14.5 Å². The standard InChI is InChI=1S/C20H18FNO4S/c1-25-17-5-2-4-13-12-16(20(24)26-18(13)17)19(23)22-10-3-11-27-15-8-6-14(21)7-9-15/h2,4-9,12H,3,10-11H2,1H3,(H,22,23). The molecule has 1 heterocycles. The number of carbonyl (C=O) groups is 1. The van der Waals surface area contributed by atoms with E-state index in [-0.39, 0.29) is 11.4 Å². The first-order chi connectivity index (χ1) is 13.1. The second kappa shape index (κ2) is 8.73. The van der Waals surface area contributed by atoms with Crippen molar-refractivity contribution >= 4 is 28.6 Å². The zero-order valence-corrected chi connectivity index (χ0v) is 15.5. The lowest BCUT2D eigenvalue weighted by molar-refractivity contribution is 0.0950. The summed E-state index contributed by atoms with van der Waals surface area (Å²) >= 11 is 1.57. The number of halogens is 1. The van der Waals surface area contributed by atoms with Crippen LogP contribution in [0, 0.1) is 5.82 Å². The number of carbonyl (C=O) groups excluding carboxylic acids is 1. The summed E-state index contributed by atoms with van der Waals surface area (Å²) in [5.74, 6) is 0.461. The Labute approximate surface area is 159 Å². The lowest BCUT2D eigenvalue weighted by Crippen LogP contribution is -2.29. The first kappa shape index (κ1) is 19.0. The van der Waals surface area contributed by atoms with Crippen LogP contribution in [0.15, 0.2) is 62.6 Å². The van der Waals surface area contributed by atoms with E-state index in [1.165, 1.54) is 25.3 Å². The first-order valence-corrected chi connectivity index (χ1v) is 9.34. The van der Waals surface area contributed by atoms with Crippen LogP contribution in [0.3, 0.4) is 0 Å². The molecule has 0 atom stereocenters. The molecule has 7 heteroatoms. The van der Waals surface area contributed by atoms with Gasteiger partial charge in [-0.15, -0.1) is 11.8 Å². The Morgan fingerprint density at radius 1 is 1.22 bits per heavy atom. The van der Waals surface area contributed by atoms with Gasteiger partial charge in [0.25, 0.3) is 5.91 Å². The predicted molar refractivity (Wildman–Crippen MR) is 103 cm³/mol. The van der Waals surface area contributed by atoms with Crippen molar-refractivity contribution in [3.63, 3.8) is 0 Å². The molecule has 0 spiro atoms. The lowest BCUT2D eigenvalue weighted by atomic mass is 10.1. The number of methoxy groups -OCH3 is 1. The van der Waals surface area contributed by atoms with Crippen molar-refractivity contribution in [2.75, 3.05) is 19.4 Å². The number of ether oxygens (including phenoxy) is 1. The zero-order valence-electron chi connectivity index (χ0n) is 14.7. The average Bonchev–Trinajstić information content (AvgIpc) is 2.68. The van der Waals surface area contributed by atoms with Crippen molar-refractivity contribution in [1.29, 1.82) is 0 Å². The SMILES string of the molecule is COc1cccc2cc(C(=O)NCCCSc3ccc(F)cc3)c(=O)oc12. The van der Waals surface area contributed by atoms with Crippen LogP contribution >= 0.6 is 11.8 Å². The van der Waals surface area contributed by atoms with E-state index in [1.54, 1.807) is 42.1 Å². The van der Waals surface area contributed by atoms with Crippen LogP contribution in [0.4, 0.5) is 4.39 Å². The lowest BCUT2D eigenvalue weighted by Gasteiger charge is -2.07. The monoisotopic (exact) mass is 387 g/mol. The number of nitrogens with one attached hydrogen (secondary N) is 1. The predicted octanol–water partition coefficient (Wildman–Crippen LogP) is 3.85. The number of fused-ring (bicyclic) bond motifs is 1. The van der Waals surface area contributed by atoms with E-state index in [0.29, 0.717) is 29.7 Å². The highest BCUT2D eigenvalue weighted by molar-refractivity contribution is 7.99. The Kier molecular flexibility index (Phi) is 6.13. The van der Waals surface area contributed by atoms with Crippen LogP contribution in [0.25, 0.3) is 11.0 Å². The number of hydrogen-bond donors (Lipinski definition) is 1. The van der Waals surface area contributed by atoms with E-state index >= 15 is 0 Å². The zero-order chi connectivity index (χ0) is 19.2. The van der Waals surface area contributed by atoms with Crippen molar-refractivity contribution in [3.05, 3.63) is 70.3 Å². The van der Waals surface area contributed by atoms with Gasteiger partial charge in [-0.2, -0.15) is 0 Å². The molecule has 0 aliphatic rings. The molecule has 0 unspecified atom stereocenters. The minimum atomic E-state index is -0.704. The van der Waals surface area contributed by atoms with Gasteiger partial charge in [-0.1, -0.05) is 12.1 Å². The third kappa shape index (κ3) is 4.68. The molecule has 27 heavy (non-hydrogen) atoms. The van der Waals surface area contributed by atoms with E-state index in [9.17, 15) is 14.0 Å². The fraction of sp³-hybridized carbons (Fsp3) is 0.200. The molecule has 0 aliphatic carbocycles. The van der Waals surface area contributed by atoms with Gasteiger partial charge in [0, 0.05) is 16.8 Å². The van der Waals surface area contributed by atoms with Gasteiger partial charge in [0.05, 0.1) is 7.11 Å². The molecule has 140 valence electrons. The van der Waals surface area contributed by atoms with Crippen LogP contribution in [-0.4, -0.2) is 25.3 Å². The number of benzene rings is 2. The van der Waals surface area contributed by atoms with E-state index in [2.05, 4.69) is 5.32 Å². The fourth-order valence-electron chi connectivity index (χ4n) is 2.53. The molecule has 3 aromatic rings. The maximum atomic E-state index is 12.9. The molecule has 3 rings (SSSR count). The molecule has 0 saturated carbocycles. The summed E-state index contributed by atoms with van der Waals surface area (Å²) in [4.78, 5) is 25.4. The highest BCUT2D eigenvalue weighted by Crippen LogP contribution is 2.24.